The summed E-state index contributed by atoms with van der Waals surface area (Å²) in [6.07, 6.45) is 6.66. The van der Waals surface area contributed by atoms with E-state index in [0.29, 0.717) is 6.54 Å². The Balaban J connectivity index is 1.50. The van der Waals surface area contributed by atoms with Crippen LogP contribution in [-0.2, 0) is 19.5 Å². The van der Waals surface area contributed by atoms with E-state index < -0.39 is 0 Å². The van der Waals surface area contributed by atoms with E-state index in [9.17, 15) is 0 Å². The molecule has 0 saturated heterocycles. The van der Waals surface area contributed by atoms with Gasteiger partial charge in [0, 0.05) is 31.6 Å². The topological polar surface area (TPSA) is 78.7 Å². The standard InChI is InChI=1S/C15H16N8/c1-12-5-8-22(18-12)9-6-15-17-19-20-23(15)11-13-10-21-7-3-2-4-14(21)16-13/h2-5,7-8,10H,6,9,11H2,1H3. The molecule has 8 nitrogen and oxygen atoms in total. The maximum Gasteiger partial charge on any atom is 0.153 e. The fourth-order valence-corrected chi connectivity index (χ4v) is 2.54. The van der Waals surface area contributed by atoms with Crippen molar-refractivity contribution in [3.05, 3.63) is 60.1 Å². The highest BCUT2D eigenvalue weighted by Gasteiger charge is 2.09. The first-order valence-corrected chi connectivity index (χ1v) is 7.46. The van der Waals surface area contributed by atoms with Crippen molar-refractivity contribution in [1.29, 1.82) is 0 Å². The lowest BCUT2D eigenvalue weighted by atomic mass is 10.4. The third kappa shape index (κ3) is 2.83. The van der Waals surface area contributed by atoms with Gasteiger partial charge in [0.15, 0.2) is 5.82 Å². The summed E-state index contributed by atoms with van der Waals surface area (Å²) in [6.45, 7) is 3.28. The van der Waals surface area contributed by atoms with E-state index >= 15 is 0 Å². The number of hydrogen-bond acceptors (Lipinski definition) is 5. The van der Waals surface area contributed by atoms with Gasteiger partial charge in [-0.25, -0.2) is 9.67 Å². The minimum absolute atomic E-state index is 0.558. The van der Waals surface area contributed by atoms with Gasteiger partial charge >= 0.3 is 0 Å². The highest BCUT2D eigenvalue weighted by atomic mass is 15.5. The number of pyridine rings is 1. The van der Waals surface area contributed by atoms with E-state index in [0.717, 1.165) is 35.8 Å². The van der Waals surface area contributed by atoms with Gasteiger partial charge in [-0.1, -0.05) is 6.07 Å². The molecule has 0 N–H and O–H groups in total. The fraction of sp³-hybridized carbons (Fsp3) is 0.267. The molecule has 0 aromatic carbocycles. The maximum atomic E-state index is 4.58. The quantitative estimate of drug-likeness (QED) is 0.552. The first-order valence-electron chi connectivity index (χ1n) is 7.46. The Kier molecular flexibility index (Phi) is 3.34. The van der Waals surface area contributed by atoms with Crippen molar-refractivity contribution in [1.82, 2.24) is 39.4 Å². The molecule has 0 aliphatic rings. The first-order chi connectivity index (χ1) is 11.3. The number of aryl methyl sites for hydroxylation is 3. The number of imidazole rings is 1. The molecule has 8 heteroatoms. The zero-order valence-corrected chi connectivity index (χ0v) is 12.7. The highest BCUT2D eigenvalue weighted by molar-refractivity contribution is 5.39. The van der Waals surface area contributed by atoms with Crippen LogP contribution < -0.4 is 0 Å². The van der Waals surface area contributed by atoms with Gasteiger partial charge in [0.2, 0.25) is 0 Å². The normalized spacial score (nSPS) is 11.3. The Morgan fingerprint density at radius 3 is 2.91 bits per heavy atom. The van der Waals surface area contributed by atoms with Crippen LogP contribution >= 0.6 is 0 Å². The van der Waals surface area contributed by atoms with E-state index in [1.54, 1.807) is 4.68 Å². The molecule has 0 saturated carbocycles. The van der Waals surface area contributed by atoms with Crippen LogP contribution in [0.1, 0.15) is 17.2 Å². The molecule has 0 fully saturated rings. The number of hydrogen-bond donors (Lipinski definition) is 0. The Morgan fingerprint density at radius 2 is 2.09 bits per heavy atom. The molecule has 116 valence electrons. The molecule has 0 unspecified atom stereocenters. The monoisotopic (exact) mass is 308 g/mol. The SMILES string of the molecule is Cc1ccn(CCc2nnnn2Cc2cn3ccccc3n2)n1. The van der Waals surface area contributed by atoms with E-state index in [-0.39, 0.29) is 0 Å². The lowest BCUT2D eigenvalue weighted by Gasteiger charge is -2.03. The van der Waals surface area contributed by atoms with Gasteiger partial charge in [0.1, 0.15) is 5.65 Å². The zero-order chi connectivity index (χ0) is 15.6. The Labute approximate surface area is 132 Å². The molecule has 0 radical (unpaired) electrons. The second-order valence-electron chi connectivity index (χ2n) is 5.42. The molecule has 0 spiro atoms. The summed E-state index contributed by atoms with van der Waals surface area (Å²) in [4.78, 5) is 4.58. The molecule has 4 aromatic rings. The molecular formula is C15H16N8. The van der Waals surface area contributed by atoms with Crippen molar-refractivity contribution in [3.8, 4) is 0 Å². The molecule has 0 aliphatic heterocycles. The van der Waals surface area contributed by atoms with E-state index in [4.69, 9.17) is 0 Å². The molecular weight excluding hydrogens is 292 g/mol. The van der Waals surface area contributed by atoms with Gasteiger partial charge in [0.05, 0.1) is 17.9 Å². The molecule has 4 rings (SSSR count). The third-order valence-electron chi connectivity index (χ3n) is 3.67. The van der Waals surface area contributed by atoms with Crippen molar-refractivity contribution in [2.75, 3.05) is 0 Å². The third-order valence-corrected chi connectivity index (χ3v) is 3.67. The van der Waals surface area contributed by atoms with Crippen LogP contribution in [0.15, 0.2) is 42.9 Å². The maximum absolute atomic E-state index is 4.58. The summed E-state index contributed by atoms with van der Waals surface area (Å²) in [7, 11) is 0. The fourth-order valence-electron chi connectivity index (χ4n) is 2.54. The Hall–Kier alpha value is -3.03. The minimum Gasteiger partial charge on any atom is -0.307 e. The highest BCUT2D eigenvalue weighted by Crippen LogP contribution is 2.07. The lowest BCUT2D eigenvalue weighted by Crippen LogP contribution is -2.11. The Bertz CT molecular complexity index is 899. The summed E-state index contributed by atoms with van der Waals surface area (Å²) in [5.41, 5.74) is 2.86. The molecule has 0 bridgehead atoms. The number of nitrogens with zero attached hydrogens (tertiary/aromatic N) is 8. The number of tetrazole rings is 1. The number of aromatic nitrogens is 8. The van der Waals surface area contributed by atoms with Crippen LogP contribution in [0.5, 0.6) is 0 Å². The first kappa shape index (κ1) is 13.6. The summed E-state index contributed by atoms with van der Waals surface area (Å²) >= 11 is 0. The van der Waals surface area contributed by atoms with Crippen LogP contribution in [0, 0.1) is 6.92 Å². The zero-order valence-electron chi connectivity index (χ0n) is 12.7. The van der Waals surface area contributed by atoms with E-state index in [1.807, 2.05) is 58.9 Å². The second kappa shape index (κ2) is 5.64. The average molecular weight is 308 g/mol. The van der Waals surface area contributed by atoms with Gasteiger partial charge < -0.3 is 4.40 Å². The lowest BCUT2D eigenvalue weighted by molar-refractivity contribution is 0.556. The smallest absolute Gasteiger partial charge is 0.153 e. The molecule has 4 aromatic heterocycles. The largest absolute Gasteiger partial charge is 0.307 e. The Morgan fingerprint density at radius 1 is 1.13 bits per heavy atom. The average Bonchev–Trinajstić information content (AvgIpc) is 3.25. The van der Waals surface area contributed by atoms with Gasteiger partial charge in [-0.05, 0) is 35.5 Å². The summed E-state index contributed by atoms with van der Waals surface area (Å²) in [5, 5.41) is 16.4. The molecule has 23 heavy (non-hydrogen) atoms. The van der Waals surface area contributed by atoms with Crippen molar-refractivity contribution in [3.63, 3.8) is 0 Å². The van der Waals surface area contributed by atoms with Crippen LogP contribution in [0.4, 0.5) is 0 Å². The van der Waals surface area contributed by atoms with Gasteiger partial charge in [-0.3, -0.25) is 4.68 Å². The van der Waals surface area contributed by atoms with Gasteiger partial charge in [0.25, 0.3) is 0 Å². The van der Waals surface area contributed by atoms with Gasteiger partial charge in [-0.2, -0.15) is 5.10 Å². The molecule has 0 atom stereocenters. The number of rotatable bonds is 5. The van der Waals surface area contributed by atoms with Crippen molar-refractivity contribution >= 4 is 5.65 Å². The van der Waals surface area contributed by atoms with Crippen molar-refractivity contribution in [2.24, 2.45) is 0 Å². The van der Waals surface area contributed by atoms with E-state index in [1.165, 1.54) is 0 Å². The van der Waals surface area contributed by atoms with E-state index in [2.05, 4.69) is 25.6 Å². The second-order valence-corrected chi connectivity index (χ2v) is 5.42. The predicted molar refractivity (Wildman–Crippen MR) is 82.8 cm³/mol. The molecule has 0 aliphatic carbocycles. The van der Waals surface area contributed by atoms with Crippen LogP contribution in [0.3, 0.4) is 0 Å². The summed E-state index contributed by atoms with van der Waals surface area (Å²) in [6, 6.07) is 7.91. The summed E-state index contributed by atoms with van der Waals surface area (Å²) < 4.78 is 5.68. The minimum atomic E-state index is 0.558. The van der Waals surface area contributed by atoms with Gasteiger partial charge in [-0.15, -0.1) is 5.10 Å². The summed E-state index contributed by atoms with van der Waals surface area (Å²) in [5.74, 6) is 0.829. The van der Waals surface area contributed by atoms with Crippen LogP contribution in [-0.4, -0.2) is 39.4 Å². The number of fused-ring (bicyclic) bond motifs is 1. The van der Waals surface area contributed by atoms with Crippen LogP contribution in [0.25, 0.3) is 5.65 Å². The van der Waals surface area contributed by atoms with Crippen molar-refractivity contribution < 1.29 is 0 Å². The van der Waals surface area contributed by atoms with Crippen molar-refractivity contribution in [2.45, 2.75) is 26.4 Å². The molecule has 0 amide bonds. The van der Waals surface area contributed by atoms with Crippen LogP contribution in [0.2, 0.25) is 0 Å². The molecule has 4 heterocycles. The predicted octanol–water partition coefficient (Wildman–Crippen LogP) is 1.12.